The topological polar surface area (TPSA) is 47.4 Å². The molecule has 5 nitrogen and oxygen atoms in total. The lowest BCUT2D eigenvalue weighted by atomic mass is 9.94. The van der Waals surface area contributed by atoms with Crippen molar-refractivity contribution in [3.63, 3.8) is 0 Å². The fraction of sp³-hybridized carbons (Fsp3) is 0.242. The Balaban J connectivity index is 1.32. The lowest BCUT2D eigenvalue weighted by Gasteiger charge is -2.29. The summed E-state index contributed by atoms with van der Waals surface area (Å²) in [6.07, 6.45) is 9.51. The van der Waals surface area contributed by atoms with Crippen LogP contribution in [0.3, 0.4) is 0 Å². The van der Waals surface area contributed by atoms with Gasteiger partial charge in [-0.2, -0.15) is 5.10 Å². The molecule has 1 saturated carbocycles. The zero-order chi connectivity index (χ0) is 27.5. The number of amides is 1. The molecule has 1 amide bonds. The highest BCUT2D eigenvalue weighted by Gasteiger charge is 2.37. The minimum absolute atomic E-state index is 0.00972. The third kappa shape index (κ3) is 5.76. The van der Waals surface area contributed by atoms with E-state index in [4.69, 9.17) is 22.1 Å². The summed E-state index contributed by atoms with van der Waals surface area (Å²) in [5, 5.41) is 4.96. The van der Waals surface area contributed by atoms with Crippen molar-refractivity contribution in [1.29, 1.82) is 0 Å². The molecule has 1 aliphatic carbocycles. The van der Waals surface area contributed by atoms with Gasteiger partial charge in [-0.15, -0.1) is 0 Å². The average molecular weight is 566 g/mol. The Hall–Kier alpha value is -3.68. The molecular formula is C33H31N3O2S2. The Morgan fingerprint density at radius 1 is 1.00 bits per heavy atom. The van der Waals surface area contributed by atoms with Crippen LogP contribution >= 0.6 is 24.0 Å². The van der Waals surface area contributed by atoms with Crippen molar-refractivity contribution in [3.8, 4) is 22.7 Å². The van der Waals surface area contributed by atoms with Crippen molar-refractivity contribution in [2.45, 2.75) is 51.7 Å². The van der Waals surface area contributed by atoms with Gasteiger partial charge in [-0.05, 0) is 55.7 Å². The molecule has 0 radical (unpaired) electrons. The molecule has 1 aliphatic heterocycles. The molecule has 6 rings (SSSR count). The summed E-state index contributed by atoms with van der Waals surface area (Å²) >= 11 is 7.08. The Morgan fingerprint density at radius 2 is 1.77 bits per heavy atom. The first-order chi connectivity index (χ1) is 19.5. The molecule has 202 valence electrons. The summed E-state index contributed by atoms with van der Waals surface area (Å²) in [5.41, 5.74) is 5.86. The number of nitrogens with zero attached hydrogens (tertiary/aromatic N) is 3. The smallest absolute Gasteiger partial charge is 0.266 e. The number of para-hydroxylation sites is 1. The molecule has 0 spiro atoms. The Labute approximate surface area is 244 Å². The quantitative estimate of drug-likeness (QED) is 0.168. The first-order valence-electron chi connectivity index (χ1n) is 13.8. The second-order valence-corrected chi connectivity index (χ2v) is 12.0. The number of ether oxygens (including phenoxy) is 1. The minimum Gasteiger partial charge on any atom is -0.489 e. The predicted molar refractivity (Wildman–Crippen MR) is 166 cm³/mol. The van der Waals surface area contributed by atoms with E-state index >= 15 is 0 Å². The second kappa shape index (κ2) is 11.8. The van der Waals surface area contributed by atoms with Crippen LogP contribution in [0.2, 0.25) is 0 Å². The van der Waals surface area contributed by atoms with Gasteiger partial charge in [-0.1, -0.05) is 103 Å². The number of hydrogen-bond donors (Lipinski definition) is 0. The minimum atomic E-state index is 0.00972. The van der Waals surface area contributed by atoms with E-state index in [-0.39, 0.29) is 11.9 Å². The van der Waals surface area contributed by atoms with Crippen LogP contribution < -0.4 is 4.74 Å². The van der Waals surface area contributed by atoms with Crippen molar-refractivity contribution in [2.24, 2.45) is 0 Å². The van der Waals surface area contributed by atoms with E-state index in [1.165, 1.54) is 23.7 Å². The van der Waals surface area contributed by atoms with Gasteiger partial charge in [0.2, 0.25) is 0 Å². The van der Waals surface area contributed by atoms with E-state index in [2.05, 4.69) is 31.2 Å². The van der Waals surface area contributed by atoms with Crippen molar-refractivity contribution in [1.82, 2.24) is 14.7 Å². The van der Waals surface area contributed by atoms with Crippen LogP contribution in [-0.4, -0.2) is 30.9 Å². The average Bonchev–Trinajstić information content (AvgIpc) is 3.53. The van der Waals surface area contributed by atoms with E-state index in [0.29, 0.717) is 15.8 Å². The molecule has 40 heavy (non-hydrogen) atoms. The maximum atomic E-state index is 13.5. The maximum Gasteiger partial charge on any atom is 0.266 e. The number of benzene rings is 3. The van der Waals surface area contributed by atoms with Crippen molar-refractivity contribution in [2.75, 3.05) is 0 Å². The number of hydrogen-bond acceptors (Lipinski definition) is 5. The van der Waals surface area contributed by atoms with Crippen LogP contribution in [0.1, 0.15) is 48.8 Å². The van der Waals surface area contributed by atoms with Gasteiger partial charge in [-0.3, -0.25) is 9.69 Å². The summed E-state index contributed by atoms with van der Waals surface area (Å²) in [6.45, 7) is 2.56. The van der Waals surface area contributed by atoms with Gasteiger partial charge >= 0.3 is 0 Å². The van der Waals surface area contributed by atoms with Crippen LogP contribution in [0, 0.1) is 6.92 Å². The Kier molecular flexibility index (Phi) is 7.84. The van der Waals surface area contributed by atoms with Gasteiger partial charge in [0.25, 0.3) is 5.91 Å². The number of rotatable bonds is 7. The van der Waals surface area contributed by atoms with Crippen LogP contribution in [0.5, 0.6) is 5.75 Å². The van der Waals surface area contributed by atoms with Crippen LogP contribution in [0.4, 0.5) is 0 Å². The monoisotopic (exact) mass is 565 g/mol. The summed E-state index contributed by atoms with van der Waals surface area (Å²) in [6, 6.07) is 26.5. The third-order valence-corrected chi connectivity index (χ3v) is 8.78. The lowest BCUT2D eigenvalue weighted by molar-refractivity contribution is -0.124. The molecule has 0 unspecified atom stereocenters. The van der Waals surface area contributed by atoms with E-state index < -0.39 is 0 Å². The van der Waals surface area contributed by atoms with Crippen LogP contribution in [0.15, 0.2) is 90.0 Å². The van der Waals surface area contributed by atoms with Gasteiger partial charge in [-0.25, -0.2) is 4.68 Å². The molecular weight excluding hydrogens is 535 g/mol. The number of thiocarbonyl (C=S) groups is 1. The molecule has 1 saturated heterocycles. The second-order valence-electron chi connectivity index (χ2n) is 10.4. The first-order valence-corrected chi connectivity index (χ1v) is 15.0. The number of thioether (sulfide) groups is 1. The zero-order valence-electron chi connectivity index (χ0n) is 22.5. The largest absolute Gasteiger partial charge is 0.489 e. The highest BCUT2D eigenvalue weighted by Crippen LogP contribution is 2.38. The van der Waals surface area contributed by atoms with Crippen molar-refractivity contribution >= 4 is 40.3 Å². The SMILES string of the molecule is Cc1ccc(COc2cccc(-c3nn(-c4ccccc4)cc3/C=C3\SC(=S)N(C4CCCCC4)C3=O)c2)cc1. The molecule has 4 aromatic rings. The number of carbonyl (C=O) groups excluding carboxylic acids is 1. The molecule has 0 bridgehead atoms. The molecule has 2 fully saturated rings. The van der Waals surface area contributed by atoms with Gasteiger partial charge in [0, 0.05) is 23.4 Å². The normalized spacial score (nSPS) is 17.1. The summed E-state index contributed by atoms with van der Waals surface area (Å²) in [4.78, 5) is 16.0. The molecule has 0 atom stereocenters. The number of aromatic nitrogens is 2. The van der Waals surface area contributed by atoms with Gasteiger partial charge in [0.1, 0.15) is 22.4 Å². The van der Waals surface area contributed by atoms with Crippen molar-refractivity contribution < 1.29 is 9.53 Å². The van der Waals surface area contributed by atoms with Crippen molar-refractivity contribution in [3.05, 3.63) is 107 Å². The molecule has 1 aromatic heterocycles. The van der Waals surface area contributed by atoms with Crippen LogP contribution in [-0.2, 0) is 11.4 Å². The zero-order valence-corrected chi connectivity index (χ0v) is 24.1. The third-order valence-electron chi connectivity index (χ3n) is 7.45. The lowest BCUT2D eigenvalue weighted by Crippen LogP contribution is -2.39. The van der Waals surface area contributed by atoms with E-state index in [0.717, 1.165) is 59.5 Å². The summed E-state index contributed by atoms with van der Waals surface area (Å²) in [5.74, 6) is 0.775. The predicted octanol–water partition coefficient (Wildman–Crippen LogP) is 7.96. The van der Waals surface area contributed by atoms with Gasteiger partial charge < -0.3 is 4.74 Å². The summed E-state index contributed by atoms with van der Waals surface area (Å²) < 4.78 is 8.66. The fourth-order valence-electron chi connectivity index (χ4n) is 5.29. The highest BCUT2D eigenvalue weighted by molar-refractivity contribution is 8.26. The molecule has 7 heteroatoms. The van der Waals surface area contributed by atoms with Gasteiger partial charge in [0.15, 0.2) is 0 Å². The molecule has 0 N–H and O–H groups in total. The van der Waals surface area contributed by atoms with Gasteiger partial charge in [0.05, 0.1) is 10.6 Å². The van der Waals surface area contributed by atoms with E-state index in [1.54, 1.807) is 0 Å². The Morgan fingerprint density at radius 3 is 2.55 bits per heavy atom. The number of aryl methyl sites for hydroxylation is 1. The summed E-state index contributed by atoms with van der Waals surface area (Å²) in [7, 11) is 0. The highest BCUT2D eigenvalue weighted by atomic mass is 32.2. The van der Waals surface area contributed by atoms with E-state index in [9.17, 15) is 4.79 Å². The molecule has 3 aromatic carbocycles. The molecule has 2 heterocycles. The Bertz CT molecular complexity index is 1550. The number of carbonyl (C=O) groups is 1. The maximum absolute atomic E-state index is 13.5. The standard InChI is InChI=1S/C33H31N3O2S2/c1-23-15-17-24(18-16-23)22-38-29-14-8-9-25(19-29)31-26(21-35(34-31)27-10-4-2-5-11-27)20-30-32(37)36(33(39)40-30)28-12-6-3-7-13-28/h2,4-5,8-11,14-21,28H,3,6-7,12-13,22H2,1H3/b30-20-. The van der Waals surface area contributed by atoms with E-state index in [1.807, 2.05) is 76.5 Å². The van der Waals surface area contributed by atoms with Crippen LogP contribution in [0.25, 0.3) is 23.0 Å². The molecule has 2 aliphatic rings. The first kappa shape index (κ1) is 26.5. The fourth-order valence-corrected chi connectivity index (χ4v) is 6.68.